The van der Waals surface area contributed by atoms with E-state index in [1.165, 1.54) is 30.3 Å². The van der Waals surface area contributed by atoms with Crippen molar-refractivity contribution in [3.63, 3.8) is 0 Å². The summed E-state index contributed by atoms with van der Waals surface area (Å²) in [4.78, 5) is 23.5. The Balaban J connectivity index is 1.44. The number of nitrogens with one attached hydrogen (secondary N) is 2. The van der Waals surface area contributed by atoms with E-state index < -0.39 is 34.8 Å². The van der Waals surface area contributed by atoms with Gasteiger partial charge in [0.05, 0.1) is 22.9 Å². The molecule has 36 heavy (non-hydrogen) atoms. The van der Waals surface area contributed by atoms with E-state index in [2.05, 4.69) is 25.5 Å². The van der Waals surface area contributed by atoms with Crippen LogP contribution in [0.2, 0.25) is 5.02 Å². The third-order valence-corrected chi connectivity index (χ3v) is 5.85. The number of amides is 1. The zero-order valence-electron chi connectivity index (χ0n) is 18.7. The van der Waals surface area contributed by atoms with Gasteiger partial charge in [0, 0.05) is 48.9 Å². The molecule has 5 rings (SSSR count). The maximum Gasteiger partial charge on any atom is 0.255 e. The Bertz CT molecular complexity index is 1460. The number of hydrogen-bond acceptors (Lipinski definition) is 6. The first-order chi connectivity index (χ1) is 17.4. The van der Waals surface area contributed by atoms with E-state index in [4.69, 9.17) is 16.3 Å². The van der Waals surface area contributed by atoms with Crippen LogP contribution < -0.4 is 20.3 Å². The average Bonchev–Trinajstić information content (AvgIpc) is 2.89. The highest BCUT2D eigenvalue weighted by Crippen LogP contribution is 2.35. The Hall–Kier alpha value is -3.89. The first-order valence-electron chi connectivity index (χ1n) is 11.0. The lowest BCUT2D eigenvalue weighted by Gasteiger charge is -2.28. The molecule has 184 valence electrons. The number of rotatable bonds is 5. The molecular weight excluding hydrogens is 495 g/mol. The highest BCUT2D eigenvalue weighted by molar-refractivity contribution is 6.31. The van der Waals surface area contributed by atoms with Crippen molar-refractivity contribution in [2.45, 2.75) is 0 Å². The lowest BCUT2D eigenvalue weighted by Crippen LogP contribution is -2.43. The highest BCUT2D eigenvalue weighted by atomic mass is 35.5. The third-order valence-electron chi connectivity index (χ3n) is 5.61. The van der Waals surface area contributed by atoms with Crippen molar-refractivity contribution in [2.24, 2.45) is 0 Å². The third kappa shape index (κ3) is 4.91. The largest absolute Gasteiger partial charge is 0.451 e. The Morgan fingerprint density at radius 2 is 1.83 bits per heavy atom. The van der Waals surface area contributed by atoms with Gasteiger partial charge in [0.1, 0.15) is 11.6 Å². The van der Waals surface area contributed by atoms with Crippen molar-refractivity contribution in [3.8, 4) is 11.5 Å². The van der Waals surface area contributed by atoms with Crippen LogP contribution in [0.15, 0.2) is 54.7 Å². The number of fused-ring (bicyclic) bond motifs is 1. The number of carbonyl (C=O) groups excluding carboxylic acids is 1. The lowest BCUT2D eigenvalue weighted by molar-refractivity contribution is 0.102. The monoisotopic (exact) mass is 513 g/mol. The van der Waals surface area contributed by atoms with E-state index in [0.717, 1.165) is 26.2 Å². The molecular formula is C25H19ClF3N5O2. The minimum atomic E-state index is -1.53. The maximum atomic E-state index is 15.2. The summed E-state index contributed by atoms with van der Waals surface area (Å²) in [5, 5.41) is 5.78. The quantitative estimate of drug-likeness (QED) is 0.359. The van der Waals surface area contributed by atoms with Crippen LogP contribution in [-0.2, 0) is 0 Å². The van der Waals surface area contributed by atoms with Crippen LogP contribution in [0, 0.1) is 17.5 Å². The van der Waals surface area contributed by atoms with Crippen LogP contribution in [-0.4, -0.2) is 42.1 Å². The van der Waals surface area contributed by atoms with E-state index >= 15 is 4.39 Å². The van der Waals surface area contributed by atoms with Gasteiger partial charge >= 0.3 is 0 Å². The number of ether oxygens (including phenoxy) is 1. The van der Waals surface area contributed by atoms with Gasteiger partial charge in [-0.2, -0.15) is 4.39 Å². The summed E-state index contributed by atoms with van der Waals surface area (Å²) in [5.41, 5.74) is 0.518. The number of carbonyl (C=O) groups is 1. The molecule has 2 N–H and O–H groups in total. The molecule has 0 bridgehead atoms. The zero-order valence-corrected chi connectivity index (χ0v) is 19.5. The van der Waals surface area contributed by atoms with Crippen LogP contribution in [0.3, 0.4) is 0 Å². The van der Waals surface area contributed by atoms with Crippen LogP contribution in [0.25, 0.3) is 11.0 Å². The topological polar surface area (TPSA) is 79.4 Å². The molecule has 0 spiro atoms. The number of anilines is 2. The van der Waals surface area contributed by atoms with Gasteiger partial charge in [-0.3, -0.25) is 9.78 Å². The fourth-order valence-electron chi connectivity index (χ4n) is 3.79. The Morgan fingerprint density at radius 1 is 1.03 bits per heavy atom. The molecule has 2 heterocycles. The lowest BCUT2D eigenvalue weighted by atomic mass is 10.2. The van der Waals surface area contributed by atoms with E-state index in [0.29, 0.717) is 22.9 Å². The molecule has 11 heteroatoms. The van der Waals surface area contributed by atoms with Crippen molar-refractivity contribution in [2.75, 3.05) is 36.4 Å². The first kappa shape index (κ1) is 23.8. The van der Waals surface area contributed by atoms with Gasteiger partial charge in [0.15, 0.2) is 11.6 Å². The molecule has 7 nitrogen and oxygen atoms in total. The van der Waals surface area contributed by atoms with Gasteiger partial charge in [-0.05, 0) is 30.3 Å². The second-order valence-electron chi connectivity index (χ2n) is 8.05. The summed E-state index contributed by atoms with van der Waals surface area (Å²) in [5.74, 6) is -5.27. The van der Waals surface area contributed by atoms with E-state index in [9.17, 15) is 13.6 Å². The average molecular weight is 514 g/mol. The first-order valence-corrected chi connectivity index (χ1v) is 11.4. The summed E-state index contributed by atoms with van der Waals surface area (Å²) in [6, 6.07) is 10.9. The predicted molar refractivity (Wildman–Crippen MR) is 130 cm³/mol. The number of aromatic nitrogens is 2. The Kier molecular flexibility index (Phi) is 6.62. The van der Waals surface area contributed by atoms with E-state index in [1.807, 2.05) is 0 Å². The van der Waals surface area contributed by atoms with Gasteiger partial charge < -0.3 is 20.3 Å². The van der Waals surface area contributed by atoms with Gasteiger partial charge in [0.2, 0.25) is 11.6 Å². The minimum Gasteiger partial charge on any atom is -0.451 e. The molecule has 1 fully saturated rings. The number of nitrogens with zero attached hydrogens (tertiary/aromatic N) is 3. The Labute approximate surface area is 208 Å². The number of piperazine rings is 1. The molecule has 3 aromatic carbocycles. The van der Waals surface area contributed by atoms with Crippen molar-refractivity contribution < 1.29 is 22.7 Å². The van der Waals surface area contributed by atoms with Crippen LogP contribution in [0.1, 0.15) is 10.4 Å². The van der Waals surface area contributed by atoms with Gasteiger partial charge in [-0.25, -0.2) is 13.8 Å². The van der Waals surface area contributed by atoms with Gasteiger partial charge in [-0.15, -0.1) is 0 Å². The van der Waals surface area contributed by atoms with Crippen LogP contribution in [0.5, 0.6) is 11.5 Å². The Morgan fingerprint density at radius 3 is 2.61 bits per heavy atom. The van der Waals surface area contributed by atoms with Crippen molar-refractivity contribution in [3.05, 3.63) is 82.8 Å². The zero-order chi connectivity index (χ0) is 25.2. The second-order valence-corrected chi connectivity index (χ2v) is 8.48. The smallest absolute Gasteiger partial charge is 0.255 e. The normalized spacial score (nSPS) is 13.6. The van der Waals surface area contributed by atoms with E-state index in [-0.39, 0.29) is 16.3 Å². The summed E-state index contributed by atoms with van der Waals surface area (Å²) in [6.45, 7) is 3.16. The molecule has 4 aromatic rings. The summed E-state index contributed by atoms with van der Waals surface area (Å²) in [7, 11) is 0. The van der Waals surface area contributed by atoms with Crippen molar-refractivity contribution in [1.82, 2.24) is 15.3 Å². The molecule has 0 atom stereocenters. The molecule has 0 aliphatic carbocycles. The molecule has 1 aliphatic rings. The SMILES string of the molecule is O=C(Nc1cc(F)c(F)c(Oc2ccc3ncc(N4CCNCC4)nc3c2)c1F)c1cccc(Cl)c1. The summed E-state index contributed by atoms with van der Waals surface area (Å²) < 4.78 is 49.4. The molecule has 0 saturated carbocycles. The van der Waals surface area contributed by atoms with Crippen LogP contribution >= 0.6 is 11.6 Å². The van der Waals surface area contributed by atoms with E-state index in [1.54, 1.807) is 18.3 Å². The predicted octanol–water partition coefficient (Wildman–Crippen LogP) is 5.15. The summed E-state index contributed by atoms with van der Waals surface area (Å²) >= 11 is 5.88. The molecule has 1 amide bonds. The van der Waals surface area contributed by atoms with Crippen LogP contribution in [0.4, 0.5) is 24.7 Å². The maximum absolute atomic E-state index is 15.2. The standard InChI is InChI=1S/C25H19ClF3N5O2/c26-15-3-1-2-14(10-15)25(35)33-20-12-17(27)22(28)24(23(20)29)36-16-4-5-18-19(11-16)32-21(13-31-18)34-8-6-30-7-9-34/h1-5,10-13,30H,6-9H2,(H,33,35). The van der Waals surface area contributed by atoms with Crippen molar-refractivity contribution in [1.29, 1.82) is 0 Å². The summed E-state index contributed by atoms with van der Waals surface area (Å²) in [6.07, 6.45) is 1.66. The molecule has 1 saturated heterocycles. The minimum absolute atomic E-state index is 0.0183. The molecule has 1 aliphatic heterocycles. The van der Waals surface area contributed by atoms with Gasteiger partial charge in [-0.1, -0.05) is 17.7 Å². The molecule has 0 unspecified atom stereocenters. The fraction of sp³-hybridized carbons (Fsp3) is 0.160. The number of benzene rings is 3. The number of hydrogen-bond donors (Lipinski definition) is 2. The highest BCUT2D eigenvalue weighted by Gasteiger charge is 2.23. The molecule has 0 radical (unpaired) electrons. The van der Waals surface area contributed by atoms with Gasteiger partial charge in [0.25, 0.3) is 5.91 Å². The van der Waals surface area contributed by atoms with Crippen molar-refractivity contribution >= 4 is 40.0 Å². The second kappa shape index (κ2) is 10.00. The number of halogens is 4. The fourth-order valence-corrected chi connectivity index (χ4v) is 3.98. The molecule has 1 aromatic heterocycles.